The molecule has 3 N–H and O–H groups in total. The van der Waals surface area contributed by atoms with Crippen molar-refractivity contribution in [3.8, 4) is 0 Å². The Balaban J connectivity index is 2.60. The van der Waals surface area contributed by atoms with Gasteiger partial charge in [-0.1, -0.05) is 6.92 Å². The van der Waals surface area contributed by atoms with Crippen LogP contribution in [0.4, 0.5) is 19.0 Å². The van der Waals surface area contributed by atoms with Gasteiger partial charge in [0.2, 0.25) is 0 Å². The van der Waals surface area contributed by atoms with Gasteiger partial charge in [0.1, 0.15) is 5.82 Å². The molecule has 1 aromatic rings. The van der Waals surface area contributed by atoms with E-state index in [2.05, 4.69) is 10.3 Å². The van der Waals surface area contributed by atoms with Crippen molar-refractivity contribution in [1.29, 1.82) is 0 Å². The van der Waals surface area contributed by atoms with Crippen molar-refractivity contribution in [3.05, 3.63) is 23.9 Å². The highest BCUT2D eigenvalue weighted by atomic mass is 19.4. The number of nitrogens with two attached hydrogens (primary N) is 1. The van der Waals surface area contributed by atoms with E-state index in [1.807, 2.05) is 6.92 Å². The fraction of sp³-hybridized carbons (Fsp3) is 0.545. The van der Waals surface area contributed by atoms with Gasteiger partial charge in [-0.2, -0.15) is 13.2 Å². The second-order valence-electron chi connectivity index (χ2n) is 3.99. The quantitative estimate of drug-likeness (QED) is 0.840. The zero-order valence-electron chi connectivity index (χ0n) is 9.59. The third-order valence-electron chi connectivity index (χ3n) is 2.38. The minimum absolute atomic E-state index is 0.240. The lowest BCUT2D eigenvalue weighted by molar-refractivity contribution is -0.137. The van der Waals surface area contributed by atoms with Gasteiger partial charge in [-0.3, -0.25) is 0 Å². The maximum atomic E-state index is 12.4. The Kier molecular flexibility index (Phi) is 4.74. The zero-order chi connectivity index (χ0) is 12.9. The molecule has 0 aliphatic carbocycles. The van der Waals surface area contributed by atoms with E-state index in [1.165, 1.54) is 0 Å². The molecule has 1 unspecified atom stereocenters. The normalized spacial score (nSPS) is 13.5. The van der Waals surface area contributed by atoms with Gasteiger partial charge in [0.15, 0.2) is 0 Å². The first-order valence-corrected chi connectivity index (χ1v) is 5.40. The van der Waals surface area contributed by atoms with Gasteiger partial charge in [-0.15, -0.1) is 0 Å². The maximum absolute atomic E-state index is 12.4. The number of pyridine rings is 1. The molecule has 6 heteroatoms. The second kappa shape index (κ2) is 5.86. The third-order valence-corrected chi connectivity index (χ3v) is 2.38. The van der Waals surface area contributed by atoms with E-state index in [9.17, 15) is 13.2 Å². The van der Waals surface area contributed by atoms with Crippen molar-refractivity contribution >= 4 is 5.82 Å². The fourth-order valence-corrected chi connectivity index (χ4v) is 1.37. The Labute approximate surface area is 98.2 Å². The lowest BCUT2D eigenvalue weighted by atomic mass is 10.1. The van der Waals surface area contributed by atoms with E-state index in [1.54, 1.807) is 0 Å². The van der Waals surface area contributed by atoms with E-state index in [0.29, 0.717) is 19.0 Å². The van der Waals surface area contributed by atoms with E-state index >= 15 is 0 Å². The summed E-state index contributed by atoms with van der Waals surface area (Å²) in [6.45, 7) is 3.11. The van der Waals surface area contributed by atoms with Crippen LogP contribution in [0.15, 0.2) is 18.3 Å². The molecule has 1 rings (SSSR count). The number of hydrogen-bond donors (Lipinski definition) is 2. The highest BCUT2D eigenvalue weighted by Gasteiger charge is 2.30. The van der Waals surface area contributed by atoms with Crippen molar-refractivity contribution in [2.75, 3.05) is 18.4 Å². The van der Waals surface area contributed by atoms with E-state index < -0.39 is 11.7 Å². The van der Waals surface area contributed by atoms with Crippen molar-refractivity contribution in [2.24, 2.45) is 11.7 Å². The Morgan fingerprint density at radius 2 is 2.18 bits per heavy atom. The third kappa shape index (κ3) is 4.60. The largest absolute Gasteiger partial charge is 0.416 e. The molecule has 17 heavy (non-hydrogen) atoms. The molecule has 0 saturated heterocycles. The summed E-state index contributed by atoms with van der Waals surface area (Å²) in [5.41, 5.74) is 4.69. The average Bonchev–Trinajstić information content (AvgIpc) is 2.26. The molecule has 0 aliphatic heterocycles. The van der Waals surface area contributed by atoms with Gasteiger partial charge in [0.25, 0.3) is 0 Å². The first-order valence-electron chi connectivity index (χ1n) is 5.40. The second-order valence-corrected chi connectivity index (χ2v) is 3.99. The summed E-state index contributed by atoms with van der Waals surface area (Å²) < 4.78 is 37.2. The summed E-state index contributed by atoms with van der Waals surface area (Å²) in [4.78, 5) is 3.84. The highest BCUT2D eigenvalue weighted by Crippen LogP contribution is 2.29. The van der Waals surface area contributed by atoms with Crippen molar-refractivity contribution in [1.82, 2.24) is 4.98 Å². The summed E-state index contributed by atoms with van der Waals surface area (Å²) in [6.07, 6.45) is -2.35. The number of rotatable bonds is 5. The lowest BCUT2D eigenvalue weighted by Gasteiger charge is -2.13. The van der Waals surface area contributed by atoms with Crippen molar-refractivity contribution in [2.45, 2.75) is 19.5 Å². The van der Waals surface area contributed by atoms with Crippen LogP contribution in [0.1, 0.15) is 18.9 Å². The molecule has 0 fully saturated rings. The Morgan fingerprint density at radius 3 is 2.76 bits per heavy atom. The minimum Gasteiger partial charge on any atom is -0.370 e. The highest BCUT2D eigenvalue weighted by molar-refractivity contribution is 5.38. The molecule has 0 bridgehead atoms. The average molecular weight is 247 g/mol. The predicted octanol–water partition coefficient (Wildman–Crippen LogP) is 2.50. The molecule has 0 saturated carbocycles. The molecule has 96 valence electrons. The van der Waals surface area contributed by atoms with Gasteiger partial charge < -0.3 is 11.1 Å². The molecule has 1 aromatic heterocycles. The SMILES string of the molecule is CC(CCN)CNc1cc(C(F)(F)F)ccn1. The molecule has 0 spiro atoms. The molecule has 1 atom stereocenters. The molecular weight excluding hydrogens is 231 g/mol. The number of nitrogens with one attached hydrogen (secondary N) is 1. The van der Waals surface area contributed by atoms with Crippen LogP contribution in [-0.4, -0.2) is 18.1 Å². The molecule has 0 amide bonds. The lowest BCUT2D eigenvalue weighted by Crippen LogP contribution is -2.16. The van der Waals surface area contributed by atoms with Crippen LogP contribution in [0.5, 0.6) is 0 Å². The molecule has 3 nitrogen and oxygen atoms in total. The van der Waals surface area contributed by atoms with Crippen LogP contribution in [0.2, 0.25) is 0 Å². The number of hydrogen-bond acceptors (Lipinski definition) is 3. The monoisotopic (exact) mass is 247 g/mol. The number of anilines is 1. The summed E-state index contributed by atoms with van der Waals surface area (Å²) in [7, 11) is 0. The van der Waals surface area contributed by atoms with Gasteiger partial charge in [0.05, 0.1) is 5.56 Å². The van der Waals surface area contributed by atoms with E-state index in [0.717, 1.165) is 24.8 Å². The van der Waals surface area contributed by atoms with Crippen LogP contribution < -0.4 is 11.1 Å². The topological polar surface area (TPSA) is 50.9 Å². The minimum atomic E-state index is -4.33. The summed E-state index contributed by atoms with van der Waals surface area (Å²) in [6, 6.07) is 1.96. The van der Waals surface area contributed by atoms with Crippen LogP contribution in [0, 0.1) is 5.92 Å². The van der Waals surface area contributed by atoms with Crippen LogP contribution in [-0.2, 0) is 6.18 Å². The number of halogens is 3. The van der Waals surface area contributed by atoms with Crippen LogP contribution in [0.3, 0.4) is 0 Å². The summed E-state index contributed by atoms with van der Waals surface area (Å²) >= 11 is 0. The zero-order valence-corrected chi connectivity index (χ0v) is 9.59. The van der Waals surface area contributed by atoms with Gasteiger partial charge in [0, 0.05) is 12.7 Å². The number of aromatic nitrogens is 1. The fourth-order valence-electron chi connectivity index (χ4n) is 1.37. The van der Waals surface area contributed by atoms with E-state index in [-0.39, 0.29) is 5.82 Å². The smallest absolute Gasteiger partial charge is 0.370 e. The maximum Gasteiger partial charge on any atom is 0.416 e. The van der Waals surface area contributed by atoms with Gasteiger partial charge in [-0.05, 0) is 31.0 Å². The Hall–Kier alpha value is -1.30. The van der Waals surface area contributed by atoms with Gasteiger partial charge >= 0.3 is 6.18 Å². The molecule has 0 aromatic carbocycles. The van der Waals surface area contributed by atoms with Gasteiger partial charge in [-0.25, -0.2) is 4.98 Å². The van der Waals surface area contributed by atoms with Crippen LogP contribution in [0.25, 0.3) is 0 Å². The van der Waals surface area contributed by atoms with E-state index in [4.69, 9.17) is 5.73 Å². The first kappa shape index (κ1) is 13.8. The molecule has 1 heterocycles. The van der Waals surface area contributed by atoms with Crippen molar-refractivity contribution < 1.29 is 13.2 Å². The number of alkyl halides is 3. The first-order chi connectivity index (χ1) is 7.93. The Morgan fingerprint density at radius 1 is 1.47 bits per heavy atom. The van der Waals surface area contributed by atoms with Crippen molar-refractivity contribution in [3.63, 3.8) is 0 Å². The molecular formula is C11H16F3N3. The molecule has 0 radical (unpaired) electrons. The predicted molar refractivity (Wildman–Crippen MR) is 60.6 cm³/mol. The molecule has 0 aliphatic rings. The standard InChI is InChI=1S/C11H16F3N3/c1-8(2-4-15)7-17-10-6-9(3-5-16-10)11(12,13)14/h3,5-6,8H,2,4,7,15H2,1H3,(H,16,17). The summed E-state index contributed by atoms with van der Waals surface area (Å²) in [5, 5.41) is 2.88. The van der Waals surface area contributed by atoms with Crippen LogP contribution >= 0.6 is 0 Å². The summed E-state index contributed by atoms with van der Waals surface area (Å²) in [5.74, 6) is 0.542. The Bertz CT molecular complexity index is 352. The number of nitrogens with zero attached hydrogens (tertiary/aromatic N) is 1.